The first-order valence-corrected chi connectivity index (χ1v) is 13.8. The van der Waals surface area contributed by atoms with Crippen molar-refractivity contribution in [1.29, 1.82) is 0 Å². The lowest BCUT2D eigenvalue weighted by Crippen LogP contribution is -2.29. The summed E-state index contributed by atoms with van der Waals surface area (Å²) in [5, 5.41) is 5.06. The van der Waals surface area contributed by atoms with Gasteiger partial charge in [-0.05, 0) is 60.8 Å². The number of hydrogen-bond acceptors (Lipinski definition) is 5. The van der Waals surface area contributed by atoms with Crippen LogP contribution >= 0.6 is 11.6 Å². The highest BCUT2D eigenvalue weighted by Gasteiger charge is 2.43. The zero-order valence-electron chi connectivity index (χ0n) is 22.9. The minimum Gasteiger partial charge on any atom is -0.494 e. The third kappa shape index (κ3) is 5.54. The molecule has 0 radical (unpaired) electrons. The average Bonchev–Trinajstić information content (AvgIpc) is 3.21. The van der Waals surface area contributed by atoms with Crippen molar-refractivity contribution >= 4 is 45.6 Å². The number of ether oxygens (including phenoxy) is 1. The van der Waals surface area contributed by atoms with Gasteiger partial charge in [-0.3, -0.25) is 4.79 Å². The molecule has 4 rings (SSSR count). The van der Waals surface area contributed by atoms with Crippen LogP contribution in [0, 0.1) is 18.3 Å². The molecule has 3 aromatic rings. The zero-order chi connectivity index (χ0) is 26.7. The number of nitrogens with zero attached hydrogens (tertiary/aromatic N) is 3. The zero-order valence-corrected chi connectivity index (χ0v) is 23.7. The van der Waals surface area contributed by atoms with E-state index >= 15 is 0 Å². The number of nitrogens with one attached hydrogen (secondary N) is 1. The molecule has 37 heavy (non-hydrogen) atoms. The van der Waals surface area contributed by atoms with Crippen molar-refractivity contribution in [3.05, 3.63) is 46.7 Å². The van der Waals surface area contributed by atoms with Gasteiger partial charge in [0.25, 0.3) is 0 Å². The highest BCUT2D eigenvalue weighted by Crippen LogP contribution is 2.46. The molecule has 0 spiro atoms. The number of carbonyl (C=O) groups is 1. The van der Waals surface area contributed by atoms with Gasteiger partial charge in [-0.15, -0.1) is 0 Å². The molecule has 7 heteroatoms. The number of aryl methyl sites for hydroxylation is 1. The number of anilines is 3. The number of rotatable bonds is 10. The van der Waals surface area contributed by atoms with Crippen LogP contribution in [0.5, 0.6) is 5.75 Å². The van der Waals surface area contributed by atoms with Crippen LogP contribution in [-0.4, -0.2) is 29.5 Å². The van der Waals surface area contributed by atoms with Gasteiger partial charge in [-0.1, -0.05) is 58.2 Å². The van der Waals surface area contributed by atoms with E-state index in [2.05, 4.69) is 43.0 Å². The normalized spacial score (nSPS) is 17.7. The largest absolute Gasteiger partial charge is 0.494 e. The molecular weight excluding hydrogens is 484 g/mol. The van der Waals surface area contributed by atoms with E-state index < -0.39 is 0 Å². The molecule has 2 heterocycles. The van der Waals surface area contributed by atoms with Gasteiger partial charge in [0.1, 0.15) is 17.9 Å². The predicted octanol–water partition coefficient (Wildman–Crippen LogP) is 7.87. The Morgan fingerprint density at radius 2 is 1.97 bits per heavy atom. The van der Waals surface area contributed by atoms with Crippen LogP contribution in [0.15, 0.2) is 30.6 Å². The Morgan fingerprint density at radius 3 is 2.65 bits per heavy atom. The van der Waals surface area contributed by atoms with Crippen molar-refractivity contribution in [3.8, 4) is 5.75 Å². The highest BCUT2D eigenvalue weighted by molar-refractivity contribution is 6.32. The van der Waals surface area contributed by atoms with Gasteiger partial charge in [0.15, 0.2) is 0 Å². The Morgan fingerprint density at radius 1 is 1.19 bits per heavy atom. The van der Waals surface area contributed by atoms with Crippen LogP contribution in [-0.2, 0) is 11.2 Å². The maximum atomic E-state index is 13.4. The van der Waals surface area contributed by atoms with Crippen molar-refractivity contribution in [3.63, 3.8) is 0 Å². The molecule has 1 aromatic heterocycles. The number of aromatic nitrogens is 2. The molecule has 6 nitrogen and oxygen atoms in total. The maximum absolute atomic E-state index is 13.4. The van der Waals surface area contributed by atoms with Gasteiger partial charge in [-0.2, -0.15) is 0 Å². The molecule has 1 atom stereocenters. The smallest absolute Gasteiger partial charge is 0.227 e. The second-order valence-electron chi connectivity index (χ2n) is 10.8. The Kier molecular flexibility index (Phi) is 8.27. The summed E-state index contributed by atoms with van der Waals surface area (Å²) in [6, 6.07) is 7.98. The SMILES string of the molecule is CCCC1(CCC(C)C)CC(=O)N(c2cc3c(Nc4ccc(CC)c(Cl)c4C)ncnc3cc2OC)C1. The average molecular weight is 523 g/mol. The first-order valence-electron chi connectivity index (χ1n) is 13.4. The summed E-state index contributed by atoms with van der Waals surface area (Å²) in [5.41, 5.74) is 4.51. The molecule has 1 unspecified atom stereocenters. The second kappa shape index (κ2) is 11.3. The fraction of sp³-hybridized carbons (Fsp3) is 0.500. The molecule has 0 bridgehead atoms. The summed E-state index contributed by atoms with van der Waals surface area (Å²) in [6.07, 6.45) is 7.28. The predicted molar refractivity (Wildman–Crippen MR) is 153 cm³/mol. The van der Waals surface area contributed by atoms with Crippen LogP contribution in [0.3, 0.4) is 0 Å². The van der Waals surface area contributed by atoms with Crippen molar-refractivity contribution in [2.45, 2.75) is 73.1 Å². The van der Waals surface area contributed by atoms with Crippen molar-refractivity contribution in [2.24, 2.45) is 11.3 Å². The molecule has 198 valence electrons. The van der Waals surface area contributed by atoms with E-state index in [1.807, 2.05) is 36.1 Å². The molecule has 1 amide bonds. The van der Waals surface area contributed by atoms with E-state index in [-0.39, 0.29) is 11.3 Å². The summed E-state index contributed by atoms with van der Waals surface area (Å²) in [6.45, 7) is 11.5. The van der Waals surface area contributed by atoms with E-state index in [4.69, 9.17) is 16.3 Å². The van der Waals surface area contributed by atoms with E-state index in [1.54, 1.807) is 13.4 Å². The molecule has 1 saturated heterocycles. The first kappa shape index (κ1) is 27.2. The Bertz CT molecular complexity index is 1290. The van der Waals surface area contributed by atoms with Gasteiger partial charge >= 0.3 is 0 Å². The van der Waals surface area contributed by atoms with Crippen LogP contribution < -0.4 is 15.0 Å². The van der Waals surface area contributed by atoms with Crippen LogP contribution in [0.25, 0.3) is 10.9 Å². The number of benzene rings is 2. The minimum absolute atomic E-state index is 0.000769. The fourth-order valence-electron chi connectivity index (χ4n) is 5.52. The fourth-order valence-corrected chi connectivity index (χ4v) is 5.82. The quantitative estimate of drug-likeness (QED) is 0.293. The van der Waals surface area contributed by atoms with Gasteiger partial charge in [0.05, 0.1) is 18.3 Å². The lowest BCUT2D eigenvalue weighted by molar-refractivity contribution is -0.117. The third-order valence-corrected chi connectivity index (χ3v) is 8.21. The van der Waals surface area contributed by atoms with Crippen LogP contribution in [0.2, 0.25) is 5.02 Å². The van der Waals surface area contributed by atoms with Gasteiger partial charge in [0.2, 0.25) is 5.91 Å². The first-order chi connectivity index (χ1) is 17.7. The second-order valence-corrected chi connectivity index (χ2v) is 11.2. The van der Waals surface area contributed by atoms with Crippen molar-refractivity contribution < 1.29 is 9.53 Å². The standard InChI is InChI=1S/C30H39ClN4O2/c1-7-12-30(13-11-19(3)4)16-27(36)35(17-30)25-14-22-24(15-26(25)37-6)32-18-33-29(22)34-23-10-9-21(8-2)28(31)20(23)5/h9-10,14-15,18-19H,7-8,11-13,16-17H2,1-6H3,(H,32,33,34). The maximum Gasteiger partial charge on any atom is 0.227 e. The highest BCUT2D eigenvalue weighted by atomic mass is 35.5. The summed E-state index contributed by atoms with van der Waals surface area (Å²) in [5.74, 6) is 2.08. The van der Waals surface area contributed by atoms with Gasteiger partial charge in [-0.25, -0.2) is 9.97 Å². The Labute approximate surface area is 225 Å². The minimum atomic E-state index is -0.000769. The molecule has 1 aliphatic heterocycles. The van der Waals surface area contributed by atoms with Crippen molar-refractivity contribution in [2.75, 3.05) is 23.9 Å². The Hall–Kier alpha value is -2.86. The number of methoxy groups -OCH3 is 1. The van der Waals surface area contributed by atoms with E-state index in [0.717, 1.165) is 70.5 Å². The van der Waals surface area contributed by atoms with Crippen molar-refractivity contribution in [1.82, 2.24) is 9.97 Å². The third-order valence-electron chi connectivity index (χ3n) is 7.68. The molecular formula is C30H39ClN4O2. The van der Waals surface area contributed by atoms with Crippen LogP contribution in [0.4, 0.5) is 17.2 Å². The summed E-state index contributed by atoms with van der Waals surface area (Å²) in [4.78, 5) is 24.4. The monoisotopic (exact) mass is 522 g/mol. The molecule has 1 aliphatic rings. The topological polar surface area (TPSA) is 67.4 Å². The summed E-state index contributed by atoms with van der Waals surface area (Å²) >= 11 is 6.61. The number of amides is 1. The summed E-state index contributed by atoms with van der Waals surface area (Å²) < 4.78 is 5.77. The molecule has 1 N–H and O–H groups in total. The number of halogens is 1. The molecule has 0 saturated carbocycles. The lowest BCUT2D eigenvalue weighted by atomic mass is 9.77. The number of fused-ring (bicyclic) bond motifs is 1. The number of carbonyl (C=O) groups excluding carboxylic acids is 1. The molecule has 1 fully saturated rings. The van der Waals surface area contributed by atoms with E-state index in [9.17, 15) is 4.79 Å². The van der Waals surface area contributed by atoms with E-state index in [0.29, 0.717) is 30.5 Å². The Balaban J connectivity index is 1.75. The summed E-state index contributed by atoms with van der Waals surface area (Å²) in [7, 11) is 1.64. The lowest BCUT2D eigenvalue weighted by Gasteiger charge is -2.30. The number of hydrogen-bond donors (Lipinski definition) is 1. The molecule has 0 aliphatic carbocycles. The molecule has 2 aromatic carbocycles. The van der Waals surface area contributed by atoms with Crippen LogP contribution in [0.1, 0.15) is 70.9 Å². The van der Waals surface area contributed by atoms with E-state index in [1.165, 1.54) is 0 Å². The van der Waals surface area contributed by atoms with Gasteiger partial charge < -0.3 is 15.0 Å². The van der Waals surface area contributed by atoms with Gasteiger partial charge in [0, 0.05) is 35.1 Å².